The van der Waals surface area contributed by atoms with Gasteiger partial charge in [0.1, 0.15) is 23.9 Å². The molecule has 4 heterocycles. The maximum absolute atomic E-state index is 15.4. The molecule has 3 aliphatic heterocycles. The van der Waals surface area contributed by atoms with Gasteiger partial charge >= 0.3 is 12.1 Å². The second kappa shape index (κ2) is 9.17. The smallest absolute Gasteiger partial charge is 0.406 e. The monoisotopic (exact) mass is 539 g/mol. The number of hydrogen-bond donors (Lipinski definition) is 2. The van der Waals surface area contributed by atoms with E-state index in [2.05, 4.69) is 9.97 Å². The third-order valence-corrected chi connectivity index (χ3v) is 7.35. The van der Waals surface area contributed by atoms with E-state index in [1.165, 1.54) is 0 Å². The molecular weight excluding hydrogens is 514 g/mol. The fourth-order valence-electron chi connectivity index (χ4n) is 5.62. The molecule has 10 nitrogen and oxygen atoms in total. The number of H-pyrrole nitrogens is 1. The van der Waals surface area contributed by atoms with Crippen molar-refractivity contribution in [3.8, 4) is 5.75 Å². The van der Waals surface area contributed by atoms with Crippen LogP contribution in [0.5, 0.6) is 5.75 Å². The highest BCUT2D eigenvalue weighted by Gasteiger charge is 2.56. The Bertz CT molecular complexity index is 1350. The van der Waals surface area contributed by atoms with E-state index in [1.807, 2.05) is 11.9 Å². The van der Waals surface area contributed by atoms with Crippen molar-refractivity contribution >= 4 is 29.3 Å². The van der Waals surface area contributed by atoms with Gasteiger partial charge in [-0.05, 0) is 25.7 Å². The molecule has 0 aliphatic carbocycles. The lowest BCUT2D eigenvalue weighted by Gasteiger charge is -2.39. The predicted molar refractivity (Wildman–Crippen MR) is 128 cm³/mol. The number of hydrogen-bond acceptors (Lipinski definition) is 7. The topological polar surface area (TPSA) is 119 Å². The number of alkyl halides is 3. The van der Waals surface area contributed by atoms with Gasteiger partial charge in [-0.25, -0.2) is 9.18 Å². The highest BCUT2D eigenvalue weighted by Crippen LogP contribution is 2.51. The van der Waals surface area contributed by atoms with Crippen molar-refractivity contribution in [1.82, 2.24) is 9.97 Å². The number of halogens is 4. The van der Waals surface area contributed by atoms with Crippen molar-refractivity contribution in [3.63, 3.8) is 0 Å². The summed E-state index contributed by atoms with van der Waals surface area (Å²) in [6.45, 7) is -1.45. The van der Waals surface area contributed by atoms with Crippen LogP contribution in [0.25, 0.3) is 0 Å². The Hall–Kier alpha value is -3.84. The molecule has 2 N–H and O–H groups in total. The van der Waals surface area contributed by atoms with Crippen molar-refractivity contribution in [2.45, 2.75) is 37.3 Å². The second-order valence-electron chi connectivity index (χ2n) is 9.77. The maximum Gasteiger partial charge on any atom is 0.406 e. The van der Waals surface area contributed by atoms with Crippen LogP contribution in [0.4, 0.5) is 35.0 Å². The van der Waals surface area contributed by atoms with Gasteiger partial charge < -0.3 is 24.5 Å². The second-order valence-corrected chi connectivity index (χ2v) is 9.77. The van der Waals surface area contributed by atoms with Crippen LogP contribution >= 0.6 is 0 Å². The SMILES string of the molecule is CN1CCCc2c1nc(N1CCC3(CC1)C(=O)N(CC(F)(F)F)c1cc(OCC(=O)O)cc(F)c13)[nH]c2=O. The summed E-state index contributed by atoms with van der Waals surface area (Å²) in [5.74, 6) is -2.63. The predicted octanol–water partition coefficient (Wildman–Crippen LogP) is 2.20. The lowest BCUT2D eigenvalue weighted by Crippen LogP contribution is -2.51. The minimum atomic E-state index is -4.76. The Balaban J connectivity index is 1.48. The van der Waals surface area contributed by atoms with Crippen LogP contribution in [0.3, 0.4) is 0 Å². The number of fused-ring (bicyclic) bond motifs is 3. The van der Waals surface area contributed by atoms with E-state index < -0.39 is 42.4 Å². The first kappa shape index (κ1) is 25.8. The number of ether oxygens (including phenoxy) is 1. The van der Waals surface area contributed by atoms with E-state index in [9.17, 15) is 27.6 Å². The molecule has 1 aromatic carbocycles. The molecule has 0 radical (unpaired) electrons. The first-order valence-electron chi connectivity index (χ1n) is 12.1. The summed E-state index contributed by atoms with van der Waals surface area (Å²) in [5, 5.41) is 8.83. The van der Waals surface area contributed by atoms with Gasteiger partial charge in [-0.1, -0.05) is 0 Å². The van der Waals surface area contributed by atoms with Crippen LogP contribution in [0.1, 0.15) is 30.4 Å². The zero-order valence-electron chi connectivity index (χ0n) is 20.4. The number of rotatable bonds is 5. The standard InChI is InChI=1S/C24H25F4N5O5/c1-31-6-2-3-14-19(31)29-22(30-20(14)36)32-7-4-23(5-8-32)18-15(25)9-13(38-11-17(34)35)10-16(18)33(21(23)37)12-24(26,27)28/h9-10H,2-8,11-12H2,1H3,(H,34,35)(H,29,30,36). The van der Waals surface area contributed by atoms with Crippen LogP contribution in [-0.2, 0) is 21.4 Å². The van der Waals surface area contributed by atoms with E-state index in [-0.39, 0.29) is 54.4 Å². The highest BCUT2D eigenvalue weighted by molar-refractivity contribution is 6.08. The third-order valence-electron chi connectivity index (χ3n) is 7.35. The van der Waals surface area contributed by atoms with E-state index in [0.717, 1.165) is 25.1 Å². The molecule has 1 fully saturated rings. The molecule has 204 valence electrons. The Kier molecular flexibility index (Phi) is 6.22. The molecule has 2 aromatic rings. The van der Waals surface area contributed by atoms with E-state index >= 15 is 4.39 Å². The summed E-state index contributed by atoms with van der Waals surface area (Å²) in [6.07, 6.45) is -3.37. The molecule has 0 unspecified atom stereocenters. The van der Waals surface area contributed by atoms with Crippen molar-refractivity contribution in [2.24, 2.45) is 0 Å². The van der Waals surface area contributed by atoms with E-state index in [4.69, 9.17) is 9.84 Å². The van der Waals surface area contributed by atoms with Crippen LogP contribution in [0.15, 0.2) is 16.9 Å². The van der Waals surface area contributed by atoms with Gasteiger partial charge in [0.25, 0.3) is 5.56 Å². The van der Waals surface area contributed by atoms with Crippen molar-refractivity contribution in [1.29, 1.82) is 0 Å². The molecular formula is C24H25F4N5O5. The molecule has 0 atom stereocenters. The molecule has 38 heavy (non-hydrogen) atoms. The summed E-state index contributed by atoms with van der Waals surface area (Å²) in [6, 6.07) is 1.96. The summed E-state index contributed by atoms with van der Waals surface area (Å²) >= 11 is 0. The first-order valence-corrected chi connectivity index (χ1v) is 12.1. The molecule has 1 aromatic heterocycles. The number of anilines is 3. The molecule has 3 aliphatic rings. The number of aromatic amines is 1. The number of carboxylic acid groups (broad SMARTS) is 1. The summed E-state index contributed by atoms with van der Waals surface area (Å²) in [4.78, 5) is 48.5. The third kappa shape index (κ3) is 4.41. The number of carbonyl (C=O) groups excluding carboxylic acids is 1. The van der Waals surface area contributed by atoms with Crippen molar-refractivity contribution in [2.75, 3.05) is 54.5 Å². The molecule has 5 rings (SSSR count). The Morgan fingerprint density at radius 1 is 1.21 bits per heavy atom. The van der Waals surface area contributed by atoms with Crippen molar-refractivity contribution in [3.05, 3.63) is 39.4 Å². The molecule has 0 bridgehead atoms. The lowest BCUT2D eigenvalue weighted by atomic mass is 9.73. The van der Waals surface area contributed by atoms with E-state index in [1.54, 1.807) is 4.90 Å². The summed E-state index contributed by atoms with van der Waals surface area (Å²) in [7, 11) is 1.83. The summed E-state index contributed by atoms with van der Waals surface area (Å²) in [5.41, 5.74) is -1.70. The number of piperidine rings is 1. The van der Waals surface area contributed by atoms with Gasteiger partial charge in [-0.3, -0.25) is 14.6 Å². The highest BCUT2D eigenvalue weighted by atomic mass is 19.4. The zero-order chi connectivity index (χ0) is 27.4. The van der Waals surface area contributed by atoms with Crippen LogP contribution in [-0.4, -0.2) is 73.0 Å². The van der Waals surface area contributed by atoms with Crippen LogP contribution < -0.4 is 25.0 Å². The van der Waals surface area contributed by atoms with Gasteiger partial charge in [-0.2, -0.15) is 18.2 Å². The average Bonchev–Trinajstić information content (AvgIpc) is 3.05. The zero-order valence-corrected chi connectivity index (χ0v) is 20.4. The fraction of sp³-hybridized carbons (Fsp3) is 0.500. The molecule has 1 saturated heterocycles. The number of carboxylic acids is 1. The number of aliphatic carboxylic acids is 1. The number of amides is 1. The average molecular weight is 539 g/mol. The number of carbonyl (C=O) groups is 2. The summed E-state index contributed by atoms with van der Waals surface area (Å²) < 4.78 is 60.7. The van der Waals surface area contributed by atoms with Crippen LogP contribution in [0.2, 0.25) is 0 Å². The Morgan fingerprint density at radius 3 is 2.58 bits per heavy atom. The maximum atomic E-state index is 15.4. The Morgan fingerprint density at radius 2 is 1.92 bits per heavy atom. The Labute approximate surface area is 213 Å². The number of benzene rings is 1. The molecule has 1 amide bonds. The largest absolute Gasteiger partial charge is 0.482 e. The van der Waals surface area contributed by atoms with Gasteiger partial charge in [-0.15, -0.1) is 0 Å². The van der Waals surface area contributed by atoms with Gasteiger partial charge in [0, 0.05) is 44.4 Å². The molecule has 14 heteroatoms. The number of aromatic nitrogens is 2. The number of nitrogens with one attached hydrogen (secondary N) is 1. The van der Waals surface area contributed by atoms with E-state index in [0.29, 0.717) is 22.7 Å². The quantitative estimate of drug-likeness (QED) is 0.556. The number of nitrogens with zero attached hydrogens (tertiary/aromatic N) is 4. The van der Waals surface area contributed by atoms with Gasteiger partial charge in [0.2, 0.25) is 11.9 Å². The van der Waals surface area contributed by atoms with Gasteiger partial charge in [0.05, 0.1) is 16.7 Å². The fourth-order valence-corrected chi connectivity index (χ4v) is 5.62. The van der Waals surface area contributed by atoms with Crippen molar-refractivity contribution < 1.29 is 37.0 Å². The van der Waals surface area contributed by atoms with Gasteiger partial charge in [0.15, 0.2) is 6.61 Å². The first-order chi connectivity index (χ1) is 17.9. The van der Waals surface area contributed by atoms with Crippen LogP contribution in [0, 0.1) is 5.82 Å². The molecule has 1 spiro atoms. The minimum absolute atomic E-state index is 0.0178. The molecule has 0 saturated carbocycles. The lowest BCUT2D eigenvalue weighted by molar-refractivity contribution is -0.139. The normalized spacial score (nSPS) is 18.6. The minimum Gasteiger partial charge on any atom is -0.482 e.